The number of aryl methyl sites for hydroxylation is 2. The van der Waals surface area contributed by atoms with Crippen molar-refractivity contribution in [1.29, 1.82) is 0 Å². The molecule has 0 spiro atoms. The van der Waals surface area contributed by atoms with E-state index < -0.39 is 0 Å². The van der Waals surface area contributed by atoms with Crippen molar-refractivity contribution in [3.63, 3.8) is 0 Å². The van der Waals surface area contributed by atoms with Crippen molar-refractivity contribution in [2.45, 2.75) is 32.6 Å². The number of hydrogen-bond acceptors (Lipinski definition) is 8. The Labute approximate surface area is 209 Å². The summed E-state index contributed by atoms with van der Waals surface area (Å²) in [6.07, 6.45) is 3.54. The van der Waals surface area contributed by atoms with Crippen LogP contribution in [0.5, 0.6) is 5.75 Å². The zero-order valence-corrected chi connectivity index (χ0v) is 21.2. The van der Waals surface area contributed by atoms with Crippen molar-refractivity contribution in [2.75, 3.05) is 44.4 Å². The number of aromatic nitrogens is 4. The van der Waals surface area contributed by atoms with Crippen LogP contribution in [0.25, 0.3) is 0 Å². The third-order valence-corrected chi connectivity index (χ3v) is 6.49. The highest BCUT2D eigenvalue weighted by Gasteiger charge is 2.24. The molecular weight excluding hydrogens is 468 g/mol. The number of rotatable bonds is 8. The molecule has 3 aromatic rings. The van der Waals surface area contributed by atoms with Gasteiger partial charge in [0.2, 0.25) is 11.9 Å². The molecule has 186 valence electrons. The maximum Gasteiger partial charge on any atom is 0.233 e. The zero-order chi connectivity index (χ0) is 24.9. The number of nitrogens with one attached hydrogen (secondary N) is 4. The number of ether oxygens (including phenoxy) is 1. The number of likely N-dealkylation sites (N-methyl/N-ethyl adjacent to an activating group) is 1. The van der Waals surface area contributed by atoms with E-state index in [0.717, 1.165) is 43.1 Å². The van der Waals surface area contributed by atoms with Crippen LogP contribution in [-0.2, 0) is 4.79 Å². The molecule has 1 aromatic carbocycles. The van der Waals surface area contributed by atoms with Gasteiger partial charge in [-0.2, -0.15) is 10.1 Å². The first-order valence-electron chi connectivity index (χ1n) is 11.6. The van der Waals surface area contributed by atoms with Gasteiger partial charge in [0, 0.05) is 13.1 Å². The van der Waals surface area contributed by atoms with Crippen LogP contribution < -0.4 is 20.7 Å². The molecule has 0 atom stereocenters. The van der Waals surface area contributed by atoms with Crippen molar-refractivity contribution in [1.82, 2.24) is 30.4 Å². The highest BCUT2D eigenvalue weighted by atomic mass is 35.5. The van der Waals surface area contributed by atoms with Crippen molar-refractivity contribution < 1.29 is 9.53 Å². The summed E-state index contributed by atoms with van der Waals surface area (Å²) < 4.78 is 5.71. The number of carbonyl (C=O) groups excluding carboxylic acids is 1. The van der Waals surface area contributed by atoms with E-state index >= 15 is 0 Å². The van der Waals surface area contributed by atoms with Gasteiger partial charge in [0.25, 0.3) is 0 Å². The molecular formula is C24H31ClN8O2. The Morgan fingerprint density at radius 1 is 1.23 bits per heavy atom. The zero-order valence-electron chi connectivity index (χ0n) is 20.4. The van der Waals surface area contributed by atoms with E-state index in [-0.39, 0.29) is 5.91 Å². The molecule has 11 heteroatoms. The van der Waals surface area contributed by atoms with Gasteiger partial charge in [-0.15, -0.1) is 0 Å². The molecule has 1 aliphatic rings. The Morgan fingerprint density at radius 3 is 2.66 bits per heavy atom. The number of anilines is 4. The minimum absolute atomic E-state index is 0.0548. The fourth-order valence-corrected chi connectivity index (χ4v) is 4.48. The van der Waals surface area contributed by atoms with Crippen molar-refractivity contribution in [3.05, 3.63) is 46.2 Å². The van der Waals surface area contributed by atoms with Gasteiger partial charge >= 0.3 is 0 Å². The number of nitrogens with zero attached hydrogens (tertiary/aromatic N) is 4. The Morgan fingerprint density at radius 2 is 2.00 bits per heavy atom. The quantitative estimate of drug-likeness (QED) is 0.369. The molecule has 2 aromatic heterocycles. The standard InChI is InChI=1S/C24H31ClN8O2/c1-14-9-19(28-24-27-12-18(25)23(30-24)29-21-10-15(2)31-32-21)20(35-4)11-17(14)16-5-7-33(8-6-16)13-22(34)26-3/h9-12,16H,5-8,13H2,1-4H3,(H,26,34)(H3,27,28,29,30,31,32). The molecule has 1 fully saturated rings. The number of methoxy groups -OCH3 is 1. The molecule has 0 radical (unpaired) electrons. The van der Waals surface area contributed by atoms with E-state index in [4.69, 9.17) is 16.3 Å². The fraction of sp³-hybridized carbons (Fsp3) is 0.417. The number of likely N-dealkylation sites (tertiary alicyclic amines) is 1. The maximum absolute atomic E-state index is 11.7. The average molecular weight is 499 g/mol. The van der Waals surface area contributed by atoms with Crippen LogP contribution >= 0.6 is 11.6 Å². The van der Waals surface area contributed by atoms with E-state index in [1.807, 2.05) is 13.0 Å². The van der Waals surface area contributed by atoms with Gasteiger partial charge in [0.05, 0.1) is 31.2 Å². The van der Waals surface area contributed by atoms with Crippen LogP contribution in [0.15, 0.2) is 24.4 Å². The molecule has 0 saturated carbocycles. The first-order chi connectivity index (χ1) is 16.9. The van der Waals surface area contributed by atoms with Crippen LogP contribution in [0.4, 0.5) is 23.3 Å². The molecule has 0 aliphatic carbocycles. The van der Waals surface area contributed by atoms with Gasteiger partial charge in [-0.3, -0.25) is 14.8 Å². The SMILES string of the molecule is CNC(=O)CN1CCC(c2cc(OC)c(Nc3ncc(Cl)c(Nc4cc(C)n[nH]4)n3)cc2C)CC1. The van der Waals surface area contributed by atoms with E-state index in [1.54, 1.807) is 20.4 Å². The van der Waals surface area contributed by atoms with Crippen LogP contribution in [0.3, 0.4) is 0 Å². The third-order valence-electron chi connectivity index (χ3n) is 6.21. The van der Waals surface area contributed by atoms with E-state index in [1.165, 1.54) is 11.1 Å². The maximum atomic E-state index is 11.7. The Hall–Kier alpha value is -3.37. The molecule has 0 unspecified atom stereocenters. The second-order valence-electron chi connectivity index (χ2n) is 8.70. The molecule has 1 aliphatic heterocycles. The topological polar surface area (TPSA) is 120 Å². The lowest BCUT2D eigenvalue weighted by molar-refractivity contribution is -0.122. The van der Waals surface area contributed by atoms with Crippen molar-refractivity contribution in [2.24, 2.45) is 0 Å². The molecule has 4 rings (SSSR count). The van der Waals surface area contributed by atoms with Gasteiger partial charge in [0.1, 0.15) is 16.6 Å². The highest BCUT2D eigenvalue weighted by molar-refractivity contribution is 6.32. The molecule has 1 amide bonds. The molecule has 0 bridgehead atoms. The van der Waals surface area contributed by atoms with E-state index in [0.29, 0.717) is 35.1 Å². The molecule has 35 heavy (non-hydrogen) atoms. The van der Waals surface area contributed by atoms with E-state index in [9.17, 15) is 4.79 Å². The molecule has 1 saturated heterocycles. The van der Waals surface area contributed by atoms with Crippen LogP contribution in [0.1, 0.15) is 35.6 Å². The number of piperidine rings is 1. The normalized spacial score (nSPS) is 14.5. The third kappa shape index (κ3) is 6.01. The minimum atomic E-state index is 0.0548. The van der Waals surface area contributed by atoms with Gasteiger partial charge in [-0.25, -0.2) is 4.98 Å². The Balaban J connectivity index is 1.49. The minimum Gasteiger partial charge on any atom is -0.495 e. The first-order valence-corrected chi connectivity index (χ1v) is 11.9. The number of carbonyl (C=O) groups is 1. The van der Waals surface area contributed by atoms with E-state index in [2.05, 4.69) is 60.1 Å². The summed E-state index contributed by atoms with van der Waals surface area (Å²) >= 11 is 6.29. The summed E-state index contributed by atoms with van der Waals surface area (Å²) in [5.74, 6) is 2.73. The smallest absolute Gasteiger partial charge is 0.233 e. The van der Waals surface area contributed by atoms with Crippen molar-refractivity contribution >= 4 is 40.8 Å². The largest absolute Gasteiger partial charge is 0.495 e. The van der Waals surface area contributed by atoms with Gasteiger partial charge in [0.15, 0.2) is 5.82 Å². The predicted molar refractivity (Wildman–Crippen MR) is 137 cm³/mol. The lowest BCUT2D eigenvalue weighted by Gasteiger charge is -2.32. The molecule has 10 nitrogen and oxygen atoms in total. The monoisotopic (exact) mass is 498 g/mol. The predicted octanol–water partition coefficient (Wildman–Crippen LogP) is 3.89. The summed E-state index contributed by atoms with van der Waals surface area (Å²) in [4.78, 5) is 22.7. The number of halogens is 1. The number of aromatic amines is 1. The number of H-pyrrole nitrogens is 1. The van der Waals surface area contributed by atoms with Crippen molar-refractivity contribution in [3.8, 4) is 5.75 Å². The first kappa shape index (κ1) is 24.7. The van der Waals surface area contributed by atoms with Gasteiger partial charge in [-0.1, -0.05) is 11.6 Å². The second-order valence-corrected chi connectivity index (χ2v) is 9.10. The summed E-state index contributed by atoms with van der Waals surface area (Å²) in [6.45, 7) is 6.23. The summed E-state index contributed by atoms with van der Waals surface area (Å²) in [5, 5.41) is 16.5. The summed E-state index contributed by atoms with van der Waals surface area (Å²) in [7, 11) is 3.33. The van der Waals surface area contributed by atoms with Crippen LogP contribution in [0.2, 0.25) is 5.02 Å². The lowest BCUT2D eigenvalue weighted by atomic mass is 9.86. The highest BCUT2D eigenvalue weighted by Crippen LogP contribution is 2.37. The molecule has 3 heterocycles. The van der Waals surface area contributed by atoms with Crippen LogP contribution in [-0.4, -0.2) is 64.8 Å². The van der Waals surface area contributed by atoms with Crippen LogP contribution in [0, 0.1) is 13.8 Å². The second kappa shape index (κ2) is 10.9. The fourth-order valence-electron chi connectivity index (χ4n) is 4.34. The lowest BCUT2D eigenvalue weighted by Crippen LogP contribution is -2.40. The summed E-state index contributed by atoms with van der Waals surface area (Å²) in [6, 6.07) is 6.02. The average Bonchev–Trinajstić information content (AvgIpc) is 3.26. The number of amides is 1. The van der Waals surface area contributed by atoms with Gasteiger partial charge < -0.3 is 20.7 Å². The Bertz CT molecular complexity index is 1190. The van der Waals surface area contributed by atoms with Gasteiger partial charge in [-0.05, 0) is 69.0 Å². The Kier molecular flexibility index (Phi) is 7.72. The summed E-state index contributed by atoms with van der Waals surface area (Å²) in [5.41, 5.74) is 4.06. The molecule has 4 N–H and O–H groups in total. The number of hydrogen-bond donors (Lipinski definition) is 4. The number of benzene rings is 1.